The Bertz CT molecular complexity index is 1660. The highest BCUT2D eigenvalue weighted by Gasteiger charge is 2.21. The van der Waals surface area contributed by atoms with Crippen LogP contribution in [0.4, 0.5) is 0 Å². The summed E-state index contributed by atoms with van der Waals surface area (Å²) in [6.45, 7) is 9.17. The fourth-order valence-corrected chi connectivity index (χ4v) is 6.28. The predicted molar refractivity (Wildman–Crippen MR) is 156 cm³/mol. The van der Waals surface area contributed by atoms with Gasteiger partial charge in [0, 0.05) is 38.1 Å². The molecule has 0 N–H and O–H groups in total. The SMILES string of the molecule is CC(C)c1cc(-c2ccc3sc4ccccc4c3c2)cc(C(C)C)c1-n1ccnc1-c1ccccc1. The molecule has 0 aliphatic rings. The fraction of sp³-hybridized carbons (Fsp3) is 0.182. The third-order valence-electron chi connectivity index (χ3n) is 7.04. The summed E-state index contributed by atoms with van der Waals surface area (Å²) in [4.78, 5) is 4.77. The summed E-state index contributed by atoms with van der Waals surface area (Å²) in [6, 6.07) is 31.0. The Morgan fingerprint density at radius 1 is 0.639 bits per heavy atom. The number of nitrogens with zero attached hydrogens (tertiary/aromatic N) is 2. The van der Waals surface area contributed by atoms with E-state index < -0.39 is 0 Å². The molecule has 0 aliphatic heterocycles. The maximum Gasteiger partial charge on any atom is 0.144 e. The highest BCUT2D eigenvalue weighted by atomic mass is 32.1. The largest absolute Gasteiger partial charge is 0.299 e. The van der Waals surface area contributed by atoms with Crippen molar-refractivity contribution in [2.45, 2.75) is 39.5 Å². The van der Waals surface area contributed by atoms with Gasteiger partial charge in [-0.2, -0.15) is 0 Å². The van der Waals surface area contributed by atoms with Crippen LogP contribution in [0.2, 0.25) is 0 Å². The summed E-state index contributed by atoms with van der Waals surface area (Å²) in [5.74, 6) is 1.72. The molecule has 2 heterocycles. The van der Waals surface area contributed by atoms with Crippen LogP contribution in [0.5, 0.6) is 0 Å². The van der Waals surface area contributed by atoms with E-state index in [1.165, 1.54) is 48.1 Å². The van der Waals surface area contributed by atoms with Gasteiger partial charge in [0.15, 0.2) is 0 Å². The lowest BCUT2D eigenvalue weighted by atomic mass is 9.88. The first-order valence-corrected chi connectivity index (χ1v) is 13.5. The van der Waals surface area contributed by atoms with Gasteiger partial charge >= 0.3 is 0 Å². The molecular weight excluding hydrogens is 456 g/mol. The zero-order chi connectivity index (χ0) is 24.8. The Balaban J connectivity index is 1.58. The number of imidazole rings is 1. The van der Waals surface area contributed by atoms with Gasteiger partial charge in [-0.25, -0.2) is 4.98 Å². The minimum absolute atomic E-state index is 0.370. The van der Waals surface area contributed by atoms with Gasteiger partial charge in [0.1, 0.15) is 5.82 Å². The van der Waals surface area contributed by atoms with Crippen LogP contribution in [0.15, 0.2) is 97.3 Å². The highest BCUT2D eigenvalue weighted by molar-refractivity contribution is 7.25. The van der Waals surface area contributed by atoms with Crippen molar-refractivity contribution in [1.29, 1.82) is 0 Å². The first kappa shape index (κ1) is 22.8. The van der Waals surface area contributed by atoms with Crippen molar-refractivity contribution in [2.75, 3.05) is 0 Å². The van der Waals surface area contributed by atoms with Crippen molar-refractivity contribution in [2.24, 2.45) is 0 Å². The van der Waals surface area contributed by atoms with E-state index in [0.717, 1.165) is 11.4 Å². The second kappa shape index (κ2) is 9.07. The molecule has 0 bridgehead atoms. The molecule has 0 spiro atoms. The van der Waals surface area contributed by atoms with Crippen LogP contribution in [0.1, 0.15) is 50.7 Å². The van der Waals surface area contributed by atoms with Gasteiger partial charge in [-0.05, 0) is 64.4 Å². The molecular formula is C33H30N2S. The fourth-order valence-electron chi connectivity index (χ4n) is 5.20. The zero-order valence-corrected chi connectivity index (χ0v) is 22.0. The van der Waals surface area contributed by atoms with E-state index in [-0.39, 0.29) is 0 Å². The molecule has 0 saturated heterocycles. The Kier molecular flexibility index (Phi) is 5.73. The quantitative estimate of drug-likeness (QED) is 0.237. The second-order valence-corrected chi connectivity index (χ2v) is 11.2. The average molecular weight is 487 g/mol. The molecule has 6 aromatic rings. The molecule has 4 aromatic carbocycles. The third kappa shape index (κ3) is 3.84. The molecule has 3 heteroatoms. The maximum atomic E-state index is 4.77. The Morgan fingerprint density at radius 3 is 2.03 bits per heavy atom. The van der Waals surface area contributed by atoms with Gasteiger partial charge in [0.2, 0.25) is 0 Å². The van der Waals surface area contributed by atoms with E-state index in [9.17, 15) is 0 Å². The van der Waals surface area contributed by atoms with E-state index in [2.05, 4.69) is 123 Å². The molecule has 0 unspecified atom stereocenters. The Labute approximate surface area is 216 Å². The number of thiophene rings is 1. The van der Waals surface area contributed by atoms with E-state index >= 15 is 0 Å². The summed E-state index contributed by atoms with van der Waals surface area (Å²) >= 11 is 1.87. The van der Waals surface area contributed by atoms with Crippen LogP contribution in [0, 0.1) is 0 Å². The van der Waals surface area contributed by atoms with Gasteiger partial charge in [-0.3, -0.25) is 4.57 Å². The normalized spacial score (nSPS) is 11.8. The summed E-state index contributed by atoms with van der Waals surface area (Å²) in [5, 5.41) is 2.69. The van der Waals surface area contributed by atoms with Crippen molar-refractivity contribution >= 4 is 31.5 Å². The average Bonchev–Trinajstić information content (AvgIpc) is 3.53. The molecule has 36 heavy (non-hydrogen) atoms. The molecule has 178 valence electrons. The lowest BCUT2D eigenvalue weighted by Gasteiger charge is -2.23. The van der Waals surface area contributed by atoms with Gasteiger partial charge in [0.25, 0.3) is 0 Å². The molecule has 0 aliphatic carbocycles. The first-order chi connectivity index (χ1) is 17.5. The molecule has 0 fully saturated rings. The van der Waals surface area contributed by atoms with Crippen molar-refractivity contribution in [3.8, 4) is 28.2 Å². The van der Waals surface area contributed by atoms with Gasteiger partial charge in [-0.1, -0.05) is 82.3 Å². The van der Waals surface area contributed by atoms with E-state index in [1.807, 2.05) is 17.5 Å². The molecule has 0 radical (unpaired) electrons. The Hall–Kier alpha value is -3.69. The summed E-state index contributed by atoms with van der Waals surface area (Å²) < 4.78 is 4.98. The van der Waals surface area contributed by atoms with Crippen LogP contribution >= 0.6 is 11.3 Å². The lowest BCUT2D eigenvalue weighted by molar-refractivity contribution is 0.807. The standard InChI is InChI=1S/C33H30N2S/c1-21(2)27-19-25(24-14-15-31-29(18-24)26-12-8-9-13-30(26)36-31)20-28(22(3)4)32(27)35-17-16-34-33(35)23-10-6-5-7-11-23/h5-22H,1-4H3. The molecule has 6 rings (SSSR count). The molecule has 2 nitrogen and oxygen atoms in total. The van der Waals surface area contributed by atoms with E-state index in [1.54, 1.807) is 0 Å². The second-order valence-electron chi connectivity index (χ2n) is 10.1. The lowest BCUT2D eigenvalue weighted by Crippen LogP contribution is -2.08. The van der Waals surface area contributed by atoms with Gasteiger partial charge in [-0.15, -0.1) is 11.3 Å². The number of hydrogen-bond donors (Lipinski definition) is 0. The van der Waals surface area contributed by atoms with Crippen molar-refractivity contribution in [1.82, 2.24) is 9.55 Å². The van der Waals surface area contributed by atoms with Gasteiger partial charge < -0.3 is 0 Å². The smallest absolute Gasteiger partial charge is 0.144 e. The van der Waals surface area contributed by atoms with Crippen LogP contribution in [0.25, 0.3) is 48.4 Å². The number of aromatic nitrogens is 2. The highest BCUT2D eigenvalue weighted by Crippen LogP contribution is 2.40. The topological polar surface area (TPSA) is 17.8 Å². The zero-order valence-electron chi connectivity index (χ0n) is 21.2. The number of rotatable bonds is 5. The molecule has 2 aromatic heterocycles. The predicted octanol–water partition coefficient (Wildman–Crippen LogP) is 9.82. The number of fused-ring (bicyclic) bond motifs is 3. The van der Waals surface area contributed by atoms with Crippen molar-refractivity contribution < 1.29 is 0 Å². The molecule has 0 atom stereocenters. The van der Waals surface area contributed by atoms with Crippen LogP contribution in [-0.4, -0.2) is 9.55 Å². The van der Waals surface area contributed by atoms with Crippen molar-refractivity contribution in [3.63, 3.8) is 0 Å². The van der Waals surface area contributed by atoms with Crippen LogP contribution in [-0.2, 0) is 0 Å². The monoisotopic (exact) mass is 486 g/mol. The molecule has 0 amide bonds. The third-order valence-corrected chi connectivity index (χ3v) is 8.19. The van der Waals surface area contributed by atoms with Crippen LogP contribution < -0.4 is 0 Å². The Morgan fingerprint density at radius 2 is 1.31 bits per heavy atom. The minimum atomic E-state index is 0.370. The number of benzene rings is 4. The first-order valence-electron chi connectivity index (χ1n) is 12.7. The van der Waals surface area contributed by atoms with E-state index in [0.29, 0.717) is 11.8 Å². The summed E-state index contributed by atoms with van der Waals surface area (Å²) in [7, 11) is 0. The van der Waals surface area contributed by atoms with Gasteiger partial charge in [0.05, 0.1) is 5.69 Å². The van der Waals surface area contributed by atoms with Crippen molar-refractivity contribution in [3.05, 3.63) is 108 Å². The summed E-state index contributed by atoms with van der Waals surface area (Å²) in [6.07, 6.45) is 4.03. The number of hydrogen-bond acceptors (Lipinski definition) is 2. The van der Waals surface area contributed by atoms with Crippen LogP contribution in [0.3, 0.4) is 0 Å². The summed E-state index contributed by atoms with van der Waals surface area (Å²) in [5.41, 5.74) is 7.65. The molecule has 0 saturated carbocycles. The van der Waals surface area contributed by atoms with E-state index in [4.69, 9.17) is 4.98 Å². The maximum absolute atomic E-state index is 4.77. The minimum Gasteiger partial charge on any atom is -0.299 e.